The van der Waals surface area contributed by atoms with Crippen molar-refractivity contribution >= 4 is 23.8 Å². The van der Waals surface area contributed by atoms with Gasteiger partial charge in [0.15, 0.2) is 0 Å². The molecule has 0 spiro atoms. The number of hydrogen-bond acceptors (Lipinski definition) is 4. The molecule has 0 aliphatic carbocycles. The van der Waals surface area contributed by atoms with Crippen molar-refractivity contribution in [2.75, 3.05) is 13.6 Å². The maximum absolute atomic E-state index is 13.0. The molecular weight excluding hydrogens is 398 g/mol. The first-order chi connectivity index (χ1) is 14.9. The van der Waals surface area contributed by atoms with Gasteiger partial charge in [0.05, 0.1) is 0 Å². The Hall–Kier alpha value is -3.62. The third-order valence-electron chi connectivity index (χ3n) is 4.56. The molecule has 1 aliphatic heterocycles. The summed E-state index contributed by atoms with van der Waals surface area (Å²) in [5, 5.41) is 13.2. The maximum atomic E-state index is 13.0. The summed E-state index contributed by atoms with van der Waals surface area (Å²) in [6.07, 6.45) is 7.01. The van der Waals surface area contributed by atoms with Crippen LogP contribution in [0.5, 0.6) is 0 Å². The standard InChI is InChI=1S/C22H29N5O4/c1-15-11-12-19(28)24-13-7-6-10-17(20(29)25-15)26-21(30)18(27-22(31)23-2)14-16-8-4-3-5-9-16/h3-6,8-12,15,17-18H,7,13-14H2,1-2H3,(H,24,28)(H,25,29)(H,26,30)(H2,23,27,31). The lowest BCUT2D eigenvalue weighted by atomic mass is 10.0. The summed E-state index contributed by atoms with van der Waals surface area (Å²) in [6.45, 7) is 2.13. The van der Waals surface area contributed by atoms with E-state index in [1.807, 2.05) is 30.3 Å². The average molecular weight is 428 g/mol. The summed E-state index contributed by atoms with van der Waals surface area (Å²) < 4.78 is 0. The molecule has 5 N–H and O–H groups in total. The smallest absolute Gasteiger partial charge is 0.315 e. The molecule has 0 bridgehead atoms. The number of rotatable bonds is 5. The van der Waals surface area contributed by atoms with E-state index in [1.165, 1.54) is 13.1 Å². The number of benzene rings is 1. The van der Waals surface area contributed by atoms with Gasteiger partial charge in [-0.1, -0.05) is 48.6 Å². The Balaban J connectivity index is 2.15. The summed E-state index contributed by atoms with van der Waals surface area (Å²) in [5.74, 6) is -1.13. The van der Waals surface area contributed by atoms with Gasteiger partial charge in [-0.3, -0.25) is 14.4 Å². The SMILES string of the molecule is CNC(=O)NC(Cc1ccccc1)C(=O)NC1C=CCCNC(=O)C=CC(C)NC1=O. The van der Waals surface area contributed by atoms with Gasteiger partial charge in [0, 0.05) is 32.1 Å². The van der Waals surface area contributed by atoms with Crippen LogP contribution in [0.4, 0.5) is 4.79 Å². The predicted molar refractivity (Wildman–Crippen MR) is 117 cm³/mol. The monoisotopic (exact) mass is 427 g/mol. The molecular formula is C22H29N5O4. The van der Waals surface area contributed by atoms with E-state index in [1.54, 1.807) is 25.2 Å². The van der Waals surface area contributed by atoms with Crippen molar-refractivity contribution in [1.29, 1.82) is 0 Å². The molecule has 0 saturated carbocycles. The van der Waals surface area contributed by atoms with Crippen LogP contribution >= 0.6 is 0 Å². The van der Waals surface area contributed by atoms with Crippen LogP contribution in [0.25, 0.3) is 0 Å². The maximum Gasteiger partial charge on any atom is 0.315 e. The molecule has 1 heterocycles. The molecule has 9 heteroatoms. The lowest BCUT2D eigenvalue weighted by Gasteiger charge is -2.22. The second-order valence-corrected chi connectivity index (χ2v) is 7.12. The van der Waals surface area contributed by atoms with Gasteiger partial charge >= 0.3 is 6.03 Å². The number of carbonyl (C=O) groups excluding carboxylic acids is 4. The van der Waals surface area contributed by atoms with E-state index in [-0.39, 0.29) is 12.3 Å². The fourth-order valence-corrected chi connectivity index (χ4v) is 2.91. The largest absolute Gasteiger partial charge is 0.352 e. The molecule has 9 nitrogen and oxygen atoms in total. The van der Waals surface area contributed by atoms with Crippen LogP contribution < -0.4 is 26.6 Å². The minimum Gasteiger partial charge on any atom is -0.352 e. The molecule has 0 saturated heterocycles. The summed E-state index contributed by atoms with van der Waals surface area (Å²) in [5.41, 5.74) is 0.868. The van der Waals surface area contributed by atoms with Crippen molar-refractivity contribution in [3.63, 3.8) is 0 Å². The third kappa shape index (κ3) is 8.33. The van der Waals surface area contributed by atoms with Crippen molar-refractivity contribution < 1.29 is 19.2 Å². The van der Waals surface area contributed by atoms with Gasteiger partial charge in [-0.05, 0) is 18.9 Å². The zero-order valence-corrected chi connectivity index (χ0v) is 17.7. The number of amides is 5. The van der Waals surface area contributed by atoms with E-state index in [4.69, 9.17) is 0 Å². The molecule has 0 aromatic heterocycles. The van der Waals surface area contributed by atoms with Gasteiger partial charge < -0.3 is 26.6 Å². The fourth-order valence-electron chi connectivity index (χ4n) is 2.91. The van der Waals surface area contributed by atoms with E-state index >= 15 is 0 Å². The Morgan fingerprint density at radius 2 is 1.90 bits per heavy atom. The molecule has 5 amide bonds. The van der Waals surface area contributed by atoms with Crippen molar-refractivity contribution in [3.05, 3.63) is 60.2 Å². The first kappa shape index (κ1) is 23.7. The highest BCUT2D eigenvalue weighted by Gasteiger charge is 2.26. The van der Waals surface area contributed by atoms with Crippen molar-refractivity contribution in [2.24, 2.45) is 0 Å². The van der Waals surface area contributed by atoms with Crippen molar-refractivity contribution in [2.45, 2.75) is 37.9 Å². The highest BCUT2D eigenvalue weighted by Crippen LogP contribution is 2.05. The Labute approximate surface area is 181 Å². The summed E-state index contributed by atoms with van der Waals surface area (Å²) in [7, 11) is 1.46. The Morgan fingerprint density at radius 1 is 1.16 bits per heavy atom. The van der Waals surface area contributed by atoms with Crippen LogP contribution in [0, 0.1) is 0 Å². The van der Waals surface area contributed by atoms with Crippen molar-refractivity contribution in [1.82, 2.24) is 26.6 Å². The normalized spacial score (nSPS) is 20.3. The quantitative estimate of drug-likeness (QED) is 0.429. The fraction of sp³-hybridized carbons (Fsp3) is 0.364. The lowest BCUT2D eigenvalue weighted by Crippen LogP contribution is -2.55. The molecule has 1 aromatic carbocycles. The Morgan fingerprint density at radius 3 is 2.61 bits per heavy atom. The zero-order chi connectivity index (χ0) is 22.6. The van der Waals surface area contributed by atoms with E-state index < -0.39 is 36.0 Å². The van der Waals surface area contributed by atoms with E-state index in [0.29, 0.717) is 13.0 Å². The van der Waals surface area contributed by atoms with Gasteiger partial charge in [-0.2, -0.15) is 0 Å². The third-order valence-corrected chi connectivity index (χ3v) is 4.56. The second-order valence-electron chi connectivity index (χ2n) is 7.12. The van der Waals surface area contributed by atoms with Gasteiger partial charge in [0.25, 0.3) is 0 Å². The van der Waals surface area contributed by atoms with Gasteiger partial charge in [0.2, 0.25) is 17.7 Å². The number of hydrogen-bond donors (Lipinski definition) is 5. The van der Waals surface area contributed by atoms with Crippen LogP contribution in [-0.2, 0) is 20.8 Å². The van der Waals surface area contributed by atoms with E-state index in [9.17, 15) is 19.2 Å². The number of nitrogens with one attached hydrogen (secondary N) is 5. The molecule has 3 atom stereocenters. The first-order valence-corrected chi connectivity index (χ1v) is 10.1. The number of carbonyl (C=O) groups is 4. The predicted octanol–water partition coefficient (Wildman–Crippen LogP) is 0.149. The van der Waals surface area contributed by atoms with Gasteiger partial charge in [-0.25, -0.2) is 4.79 Å². The van der Waals surface area contributed by atoms with Crippen LogP contribution in [0.1, 0.15) is 18.9 Å². The van der Waals surface area contributed by atoms with Crippen LogP contribution in [0.3, 0.4) is 0 Å². The van der Waals surface area contributed by atoms with E-state index in [0.717, 1.165) is 5.56 Å². The van der Waals surface area contributed by atoms with E-state index in [2.05, 4.69) is 26.6 Å². The van der Waals surface area contributed by atoms with Crippen LogP contribution in [0.2, 0.25) is 0 Å². The minimum absolute atomic E-state index is 0.232. The summed E-state index contributed by atoms with van der Waals surface area (Å²) in [4.78, 5) is 49.2. The molecule has 0 fully saturated rings. The lowest BCUT2D eigenvalue weighted by molar-refractivity contribution is -0.129. The average Bonchev–Trinajstić information content (AvgIpc) is 2.75. The topological polar surface area (TPSA) is 128 Å². The van der Waals surface area contributed by atoms with Crippen molar-refractivity contribution in [3.8, 4) is 0 Å². The molecule has 1 aliphatic rings. The minimum atomic E-state index is -0.928. The molecule has 1 aromatic rings. The van der Waals surface area contributed by atoms with Crippen LogP contribution in [-0.4, -0.2) is 55.5 Å². The van der Waals surface area contributed by atoms with Crippen LogP contribution in [0.15, 0.2) is 54.6 Å². The highest BCUT2D eigenvalue weighted by molar-refractivity contribution is 5.93. The Kier molecular flexibility index (Phi) is 9.28. The molecule has 3 unspecified atom stereocenters. The second kappa shape index (κ2) is 12.2. The molecule has 0 radical (unpaired) electrons. The van der Waals surface area contributed by atoms with Gasteiger partial charge in [-0.15, -0.1) is 0 Å². The first-order valence-electron chi connectivity index (χ1n) is 10.1. The molecule has 166 valence electrons. The molecule has 31 heavy (non-hydrogen) atoms. The number of urea groups is 1. The Bertz CT molecular complexity index is 838. The molecule has 2 rings (SSSR count). The zero-order valence-electron chi connectivity index (χ0n) is 17.7. The van der Waals surface area contributed by atoms with Gasteiger partial charge in [0.1, 0.15) is 12.1 Å². The summed E-state index contributed by atoms with van der Waals surface area (Å²) in [6, 6.07) is 6.57. The highest BCUT2D eigenvalue weighted by atomic mass is 16.2. The summed E-state index contributed by atoms with van der Waals surface area (Å²) >= 11 is 0.